The van der Waals surface area contributed by atoms with Crippen LogP contribution in [-0.4, -0.2) is 14.4 Å². The molecule has 0 bridgehead atoms. The molecule has 0 saturated heterocycles. The third-order valence-corrected chi connectivity index (χ3v) is 11.3. The largest absolute Gasteiger partial charge is 0.410 e. The molecule has 0 heterocycles. The standard InChI is InChI=1S/C21H38OSi/c1-14(2)17-12-10-15(3)18-13-11-16(4)20(19(17)18)22-23(8,9)21(5,6)7/h10-11,14,17-20H,12-13H2,1-9H3/t17-,18-,19-,20+/m0/s1. The third kappa shape index (κ3) is 3.68. The van der Waals surface area contributed by atoms with Gasteiger partial charge in [-0.1, -0.05) is 52.3 Å². The second kappa shape index (κ2) is 6.52. The van der Waals surface area contributed by atoms with Crippen molar-refractivity contribution in [2.24, 2.45) is 23.7 Å². The molecule has 2 aliphatic carbocycles. The monoisotopic (exact) mass is 334 g/mol. The minimum Gasteiger partial charge on any atom is -0.410 e. The highest BCUT2D eigenvalue weighted by Crippen LogP contribution is 2.49. The molecule has 0 aromatic carbocycles. The molecule has 0 amide bonds. The lowest BCUT2D eigenvalue weighted by molar-refractivity contribution is 0.0456. The number of hydrogen-bond donors (Lipinski definition) is 0. The van der Waals surface area contributed by atoms with Gasteiger partial charge >= 0.3 is 0 Å². The van der Waals surface area contributed by atoms with Gasteiger partial charge in [-0.3, -0.25) is 0 Å². The lowest BCUT2D eigenvalue weighted by Crippen LogP contribution is -2.51. The van der Waals surface area contributed by atoms with E-state index >= 15 is 0 Å². The maximum absolute atomic E-state index is 7.00. The summed E-state index contributed by atoms with van der Waals surface area (Å²) in [6, 6.07) is 0. The topological polar surface area (TPSA) is 9.23 Å². The summed E-state index contributed by atoms with van der Waals surface area (Å²) in [5, 5.41) is 0.271. The van der Waals surface area contributed by atoms with Crippen LogP contribution in [0, 0.1) is 23.7 Å². The van der Waals surface area contributed by atoms with Gasteiger partial charge in [-0.25, -0.2) is 0 Å². The average Bonchev–Trinajstić information content (AvgIpc) is 2.40. The van der Waals surface area contributed by atoms with Gasteiger partial charge in [0.2, 0.25) is 0 Å². The van der Waals surface area contributed by atoms with Gasteiger partial charge in [0.15, 0.2) is 8.32 Å². The molecule has 0 N–H and O–H groups in total. The van der Waals surface area contributed by atoms with Crippen LogP contribution in [0.2, 0.25) is 18.1 Å². The van der Waals surface area contributed by atoms with E-state index in [2.05, 4.69) is 73.7 Å². The van der Waals surface area contributed by atoms with Crippen molar-refractivity contribution in [1.29, 1.82) is 0 Å². The maximum atomic E-state index is 7.00. The van der Waals surface area contributed by atoms with Crippen LogP contribution in [0.5, 0.6) is 0 Å². The Bertz CT molecular complexity index is 492. The molecule has 0 spiro atoms. The summed E-state index contributed by atoms with van der Waals surface area (Å²) in [7, 11) is -1.76. The number of allylic oxidation sites excluding steroid dienone is 3. The maximum Gasteiger partial charge on any atom is 0.192 e. The first-order valence-electron chi connectivity index (χ1n) is 9.47. The number of fused-ring (bicyclic) bond motifs is 1. The molecule has 0 saturated carbocycles. The van der Waals surface area contributed by atoms with Gasteiger partial charge in [0.1, 0.15) is 0 Å². The van der Waals surface area contributed by atoms with Gasteiger partial charge in [-0.2, -0.15) is 0 Å². The summed E-state index contributed by atoms with van der Waals surface area (Å²) in [5.74, 6) is 2.83. The summed E-state index contributed by atoms with van der Waals surface area (Å²) >= 11 is 0. The first-order chi connectivity index (χ1) is 10.5. The van der Waals surface area contributed by atoms with E-state index in [4.69, 9.17) is 4.43 Å². The Balaban J connectivity index is 2.38. The van der Waals surface area contributed by atoms with Crippen LogP contribution in [0.1, 0.15) is 61.3 Å². The molecule has 2 aliphatic rings. The molecule has 0 fully saturated rings. The molecular weight excluding hydrogens is 296 g/mol. The highest BCUT2D eigenvalue weighted by molar-refractivity contribution is 6.74. The molecule has 0 aromatic rings. The molecule has 2 rings (SSSR count). The van der Waals surface area contributed by atoms with Gasteiger partial charge in [-0.15, -0.1) is 0 Å². The Morgan fingerprint density at radius 2 is 1.61 bits per heavy atom. The second-order valence-electron chi connectivity index (χ2n) is 9.76. The molecule has 132 valence electrons. The van der Waals surface area contributed by atoms with Crippen LogP contribution in [0.3, 0.4) is 0 Å². The average molecular weight is 335 g/mol. The molecule has 0 aliphatic heterocycles. The smallest absolute Gasteiger partial charge is 0.192 e. The predicted molar refractivity (Wildman–Crippen MR) is 104 cm³/mol. The van der Waals surface area contributed by atoms with Crippen LogP contribution >= 0.6 is 0 Å². The van der Waals surface area contributed by atoms with Crippen molar-refractivity contribution >= 4 is 8.32 Å². The minimum atomic E-state index is -1.76. The Hall–Kier alpha value is -0.343. The lowest BCUT2D eigenvalue weighted by Gasteiger charge is -2.50. The van der Waals surface area contributed by atoms with Gasteiger partial charge in [-0.05, 0) is 74.1 Å². The van der Waals surface area contributed by atoms with Crippen molar-refractivity contribution in [2.75, 3.05) is 0 Å². The zero-order valence-corrected chi connectivity index (χ0v) is 17.9. The van der Waals surface area contributed by atoms with Gasteiger partial charge < -0.3 is 4.43 Å². The van der Waals surface area contributed by atoms with Crippen molar-refractivity contribution < 1.29 is 4.43 Å². The molecule has 1 nitrogen and oxygen atoms in total. The van der Waals surface area contributed by atoms with Crippen LogP contribution in [-0.2, 0) is 4.43 Å². The van der Waals surface area contributed by atoms with Crippen molar-refractivity contribution in [3.05, 3.63) is 23.3 Å². The first-order valence-corrected chi connectivity index (χ1v) is 12.4. The molecule has 23 heavy (non-hydrogen) atoms. The summed E-state index contributed by atoms with van der Waals surface area (Å²) < 4.78 is 7.00. The van der Waals surface area contributed by atoms with Crippen molar-refractivity contribution in [1.82, 2.24) is 0 Å². The van der Waals surface area contributed by atoms with Gasteiger partial charge in [0.05, 0.1) is 6.10 Å². The summed E-state index contributed by atoms with van der Waals surface area (Å²) in [6.45, 7) is 21.3. The molecular formula is C21H38OSi. The SMILES string of the molecule is CC1=CC[C@H]2C(C)=CC[C@@H](C(C)C)[C@@H]2[C@@H]1O[Si](C)(C)C(C)(C)C. The fourth-order valence-electron chi connectivity index (χ4n) is 4.13. The van der Waals surface area contributed by atoms with Crippen LogP contribution < -0.4 is 0 Å². The Morgan fingerprint density at radius 3 is 2.13 bits per heavy atom. The highest BCUT2D eigenvalue weighted by Gasteiger charge is 2.47. The van der Waals surface area contributed by atoms with Crippen molar-refractivity contribution in [2.45, 2.75) is 85.5 Å². The van der Waals surface area contributed by atoms with Crippen LogP contribution in [0.15, 0.2) is 23.3 Å². The Labute approximate surface area is 145 Å². The van der Waals surface area contributed by atoms with E-state index in [0.717, 1.165) is 11.8 Å². The molecule has 4 atom stereocenters. The molecule has 2 heteroatoms. The van der Waals surface area contributed by atoms with Crippen LogP contribution in [0.25, 0.3) is 0 Å². The Kier molecular flexibility index (Phi) is 5.38. The van der Waals surface area contributed by atoms with Crippen molar-refractivity contribution in [3.8, 4) is 0 Å². The van der Waals surface area contributed by atoms with E-state index in [1.165, 1.54) is 18.4 Å². The number of hydrogen-bond acceptors (Lipinski definition) is 1. The number of rotatable bonds is 3. The lowest BCUT2D eigenvalue weighted by atomic mass is 9.62. The summed E-state index contributed by atoms with van der Waals surface area (Å²) in [4.78, 5) is 0. The van der Waals surface area contributed by atoms with Crippen LogP contribution in [0.4, 0.5) is 0 Å². The summed E-state index contributed by atoms with van der Waals surface area (Å²) in [5.41, 5.74) is 3.08. The van der Waals surface area contributed by atoms with E-state index in [9.17, 15) is 0 Å². The predicted octanol–water partition coefficient (Wildman–Crippen LogP) is 6.58. The second-order valence-corrected chi connectivity index (χ2v) is 14.5. The molecule has 0 radical (unpaired) electrons. The van der Waals surface area contributed by atoms with E-state index in [1.54, 1.807) is 5.57 Å². The highest BCUT2D eigenvalue weighted by atomic mass is 28.4. The fraction of sp³-hybridized carbons (Fsp3) is 0.810. The van der Waals surface area contributed by atoms with E-state index in [0.29, 0.717) is 17.9 Å². The normalized spacial score (nSPS) is 32.4. The van der Waals surface area contributed by atoms with E-state index in [1.807, 2.05) is 0 Å². The van der Waals surface area contributed by atoms with Crippen molar-refractivity contribution in [3.63, 3.8) is 0 Å². The minimum absolute atomic E-state index is 0.271. The molecule has 0 aromatic heterocycles. The van der Waals surface area contributed by atoms with Gasteiger partial charge in [0, 0.05) is 0 Å². The van der Waals surface area contributed by atoms with E-state index in [-0.39, 0.29) is 5.04 Å². The fourth-order valence-corrected chi connectivity index (χ4v) is 5.46. The molecule has 0 unspecified atom stereocenters. The van der Waals surface area contributed by atoms with Gasteiger partial charge in [0.25, 0.3) is 0 Å². The van der Waals surface area contributed by atoms with E-state index < -0.39 is 8.32 Å². The zero-order chi connectivity index (χ0) is 17.6. The quantitative estimate of drug-likeness (QED) is 0.418. The summed E-state index contributed by atoms with van der Waals surface area (Å²) in [6.07, 6.45) is 7.72. The zero-order valence-electron chi connectivity index (χ0n) is 16.9. The third-order valence-electron chi connectivity index (χ3n) is 6.83. The first kappa shape index (κ1) is 19.0. The Morgan fingerprint density at radius 1 is 1.04 bits per heavy atom.